The molecule has 28 heavy (non-hydrogen) atoms. The minimum atomic E-state index is -3.45. The third-order valence-corrected chi connectivity index (χ3v) is 7.52. The molecular weight excluding hydrogens is 401 g/mol. The molecule has 9 heteroatoms. The second-order valence-electron chi connectivity index (χ2n) is 6.53. The van der Waals surface area contributed by atoms with E-state index in [9.17, 15) is 17.6 Å². The van der Waals surface area contributed by atoms with Gasteiger partial charge in [-0.25, -0.2) is 4.39 Å². The number of hydrogen-bond donors (Lipinski definition) is 0. The summed E-state index contributed by atoms with van der Waals surface area (Å²) in [5, 5.41) is 0. The molecule has 1 saturated heterocycles. The van der Waals surface area contributed by atoms with Crippen LogP contribution in [0, 0.1) is 5.82 Å². The van der Waals surface area contributed by atoms with Crippen molar-refractivity contribution in [1.82, 2.24) is 13.5 Å². The molecule has 0 spiro atoms. The van der Waals surface area contributed by atoms with Crippen molar-refractivity contribution >= 4 is 33.5 Å². The summed E-state index contributed by atoms with van der Waals surface area (Å²) in [6, 6.07) is 10.3. The summed E-state index contributed by atoms with van der Waals surface area (Å²) >= 11 is 1.41. The number of benzene rings is 1. The van der Waals surface area contributed by atoms with E-state index in [0.29, 0.717) is 18.7 Å². The van der Waals surface area contributed by atoms with Gasteiger partial charge < -0.3 is 4.90 Å². The fourth-order valence-corrected chi connectivity index (χ4v) is 4.90. The molecule has 2 aromatic rings. The zero-order chi connectivity index (χ0) is 20.3. The maximum atomic E-state index is 13.9. The van der Waals surface area contributed by atoms with Crippen molar-refractivity contribution in [2.75, 3.05) is 40.3 Å². The van der Waals surface area contributed by atoms with E-state index in [0.717, 1.165) is 9.75 Å². The first-order valence-corrected chi connectivity index (χ1v) is 11.0. The van der Waals surface area contributed by atoms with Gasteiger partial charge in [0, 0.05) is 61.7 Å². The van der Waals surface area contributed by atoms with Gasteiger partial charge in [0.15, 0.2) is 0 Å². The number of halogens is 1. The predicted molar refractivity (Wildman–Crippen MR) is 110 cm³/mol. The minimum Gasteiger partial charge on any atom is -0.337 e. The van der Waals surface area contributed by atoms with Crippen LogP contribution in [0.1, 0.15) is 4.88 Å². The maximum Gasteiger partial charge on any atom is 0.281 e. The van der Waals surface area contributed by atoms with E-state index < -0.39 is 10.2 Å². The van der Waals surface area contributed by atoms with Gasteiger partial charge in [-0.05, 0) is 24.3 Å². The van der Waals surface area contributed by atoms with E-state index in [1.54, 1.807) is 29.2 Å². The number of thiophene rings is 1. The van der Waals surface area contributed by atoms with E-state index in [2.05, 4.69) is 0 Å². The van der Waals surface area contributed by atoms with Crippen LogP contribution in [0.25, 0.3) is 16.5 Å². The van der Waals surface area contributed by atoms with Crippen LogP contribution >= 0.6 is 11.3 Å². The van der Waals surface area contributed by atoms with Crippen molar-refractivity contribution in [1.29, 1.82) is 0 Å². The van der Waals surface area contributed by atoms with Crippen LogP contribution in [-0.4, -0.2) is 68.1 Å². The second kappa shape index (κ2) is 8.52. The van der Waals surface area contributed by atoms with Gasteiger partial charge in [0.2, 0.25) is 5.91 Å². The molecule has 0 saturated carbocycles. The Morgan fingerprint density at radius 3 is 2.43 bits per heavy atom. The highest BCUT2D eigenvalue weighted by molar-refractivity contribution is 7.86. The average Bonchev–Trinajstić information content (AvgIpc) is 3.15. The number of carbonyl (C=O) groups is 1. The standard InChI is InChI=1S/C19H22FN3O3S2/c1-21(2)28(25,26)23-13-11-22(12-14-23)19(24)10-8-15-7-9-18(27-15)16-5-3-4-6-17(16)20/h3-10H,11-14H2,1-2H3/b10-8+. The molecular formula is C19H22FN3O3S2. The molecule has 0 aliphatic carbocycles. The molecule has 0 radical (unpaired) electrons. The summed E-state index contributed by atoms with van der Waals surface area (Å²) in [6.45, 7) is 1.25. The number of rotatable bonds is 5. The third kappa shape index (κ3) is 4.49. The van der Waals surface area contributed by atoms with Gasteiger partial charge in [-0.1, -0.05) is 18.2 Å². The van der Waals surface area contributed by atoms with Crippen molar-refractivity contribution in [2.45, 2.75) is 0 Å². The number of amides is 1. The summed E-state index contributed by atoms with van der Waals surface area (Å²) in [5.74, 6) is -0.441. The fraction of sp³-hybridized carbons (Fsp3) is 0.316. The first kappa shape index (κ1) is 20.7. The van der Waals surface area contributed by atoms with E-state index in [1.165, 1.54) is 46.2 Å². The molecule has 2 heterocycles. The molecule has 6 nitrogen and oxygen atoms in total. The Bertz CT molecular complexity index is 978. The molecule has 1 fully saturated rings. The molecule has 0 bridgehead atoms. The quantitative estimate of drug-likeness (QED) is 0.695. The van der Waals surface area contributed by atoms with Gasteiger partial charge in [0.05, 0.1) is 0 Å². The Kier molecular flexibility index (Phi) is 6.29. The lowest BCUT2D eigenvalue weighted by molar-refractivity contribution is -0.127. The van der Waals surface area contributed by atoms with Crippen LogP contribution in [0.15, 0.2) is 42.5 Å². The second-order valence-corrected chi connectivity index (χ2v) is 9.79. The number of piperazine rings is 1. The van der Waals surface area contributed by atoms with Gasteiger partial charge in [-0.3, -0.25) is 4.79 Å². The highest BCUT2D eigenvalue weighted by atomic mass is 32.2. The molecule has 0 N–H and O–H groups in total. The maximum absolute atomic E-state index is 13.9. The van der Waals surface area contributed by atoms with Crippen LogP contribution in [0.3, 0.4) is 0 Å². The van der Waals surface area contributed by atoms with Crippen LogP contribution in [0.5, 0.6) is 0 Å². The zero-order valence-electron chi connectivity index (χ0n) is 15.7. The molecule has 1 aliphatic rings. The van der Waals surface area contributed by atoms with E-state index in [4.69, 9.17) is 0 Å². The van der Waals surface area contributed by atoms with Crippen molar-refractivity contribution in [2.24, 2.45) is 0 Å². The molecule has 3 rings (SSSR count). The SMILES string of the molecule is CN(C)S(=O)(=O)N1CCN(C(=O)/C=C/c2ccc(-c3ccccc3F)s2)CC1. The first-order chi connectivity index (χ1) is 13.3. The summed E-state index contributed by atoms with van der Waals surface area (Å²) in [7, 11) is -0.465. The Morgan fingerprint density at radius 1 is 1.11 bits per heavy atom. The Balaban J connectivity index is 1.60. The summed E-state index contributed by atoms with van der Waals surface area (Å²) in [4.78, 5) is 15.7. The number of hydrogen-bond acceptors (Lipinski definition) is 4. The summed E-state index contributed by atoms with van der Waals surface area (Å²) in [5.41, 5.74) is 0.539. The fourth-order valence-electron chi connectivity index (χ4n) is 2.88. The van der Waals surface area contributed by atoms with Crippen molar-refractivity contribution in [3.05, 3.63) is 53.2 Å². The normalized spacial score (nSPS) is 16.2. The topological polar surface area (TPSA) is 60.9 Å². The minimum absolute atomic E-state index is 0.164. The van der Waals surface area contributed by atoms with E-state index >= 15 is 0 Å². The van der Waals surface area contributed by atoms with Gasteiger partial charge in [-0.15, -0.1) is 11.3 Å². The first-order valence-electron chi connectivity index (χ1n) is 8.78. The summed E-state index contributed by atoms with van der Waals surface area (Å²) < 4.78 is 40.7. The lowest BCUT2D eigenvalue weighted by Crippen LogP contribution is -2.52. The smallest absolute Gasteiger partial charge is 0.281 e. The van der Waals surface area contributed by atoms with E-state index in [1.807, 2.05) is 12.1 Å². The Hall–Kier alpha value is -2.07. The highest BCUT2D eigenvalue weighted by Crippen LogP contribution is 2.30. The van der Waals surface area contributed by atoms with Crippen LogP contribution in [0.4, 0.5) is 4.39 Å². The van der Waals surface area contributed by atoms with Crippen LogP contribution < -0.4 is 0 Å². The van der Waals surface area contributed by atoms with Gasteiger partial charge in [-0.2, -0.15) is 17.0 Å². The molecule has 0 unspecified atom stereocenters. The monoisotopic (exact) mass is 423 g/mol. The van der Waals surface area contributed by atoms with Crippen LogP contribution in [0.2, 0.25) is 0 Å². The lowest BCUT2D eigenvalue weighted by Gasteiger charge is -2.34. The molecule has 1 aromatic heterocycles. The largest absolute Gasteiger partial charge is 0.337 e. The third-order valence-electron chi connectivity index (χ3n) is 4.49. The van der Waals surface area contributed by atoms with Crippen molar-refractivity contribution < 1.29 is 17.6 Å². The summed E-state index contributed by atoms with van der Waals surface area (Å²) in [6.07, 6.45) is 3.19. The average molecular weight is 424 g/mol. The molecule has 1 aliphatic heterocycles. The molecule has 0 atom stereocenters. The van der Waals surface area contributed by atoms with Crippen molar-refractivity contribution in [3.8, 4) is 10.4 Å². The molecule has 1 aromatic carbocycles. The Morgan fingerprint density at radius 2 is 1.79 bits per heavy atom. The zero-order valence-corrected chi connectivity index (χ0v) is 17.3. The van der Waals surface area contributed by atoms with Crippen molar-refractivity contribution in [3.63, 3.8) is 0 Å². The lowest BCUT2D eigenvalue weighted by atomic mass is 10.2. The van der Waals surface area contributed by atoms with Crippen LogP contribution in [-0.2, 0) is 15.0 Å². The molecule has 1 amide bonds. The highest BCUT2D eigenvalue weighted by Gasteiger charge is 2.29. The predicted octanol–water partition coefficient (Wildman–Crippen LogP) is 2.52. The Labute approximate surface area is 168 Å². The van der Waals surface area contributed by atoms with Gasteiger partial charge in [0.25, 0.3) is 10.2 Å². The number of carbonyl (C=O) groups excluding carboxylic acids is 1. The van der Waals surface area contributed by atoms with Gasteiger partial charge >= 0.3 is 0 Å². The molecule has 150 valence electrons. The van der Waals surface area contributed by atoms with Gasteiger partial charge in [0.1, 0.15) is 5.82 Å². The van der Waals surface area contributed by atoms with E-state index in [-0.39, 0.29) is 24.8 Å². The number of nitrogens with zero attached hydrogens (tertiary/aromatic N) is 3.